The molecular weight excluding hydrogens is 236 g/mol. The van der Waals surface area contributed by atoms with Gasteiger partial charge in [0.2, 0.25) is 0 Å². The van der Waals surface area contributed by atoms with Gasteiger partial charge in [-0.2, -0.15) is 0 Å². The standard InChI is InChI=1S/C16H26N2O/c1-3-13-5-4-8-18(11-13)12-15-9-14(10-17)6-7-16(15)19-2/h6-7,9,13H,3-5,8,10-12,17H2,1-2H3. The number of piperidine rings is 1. The molecule has 19 heavy (non-hydrogen) atoms. The van der Waals surface area contributed by atoms with Crippen LogP contribution < -0.4 is 10.5 Å². The van der Waals surface area contributed by atoms with Gasteiger partial charge < -0.3 is 10.5 Å². The van der Waals surface area contributed by atoms with Crippen molar-refractivity contribution in [1.29, 1.82) is 0 Å². The van der Waals surface area contributed by atoms with Crippen LogP contribution in [0.4, 0.5) is 0 Å². The second-order valence-corrected chi connectivity index (χ2v) is 5.50. The van der Waals surface area contributed by atoms with Crippen LogP contribution in [0.1, 0.15) is 37.3 Å². The highest BCUT2D eigenvalue weighted by Gasteiger charge is 2.19. The summed E-state index contributed by atoms with van der Waals surface area (Å²) in [5.74, 6) is 1.84. The van der Waals surface area contributed by atoms with Gasteiger partial charge >= 0.3 is 0 Å². The van der Waals surface area contributed by atoms with Crippen molar-refractivity contribution in [3.05, 3.63) is 29.3 Å². The number of rotatable bonds is 5. The van der Waals surface area contributed by atoms with Crippen LogP contribution in [0.5, 0.6) is 5.75 Å². The van der Waals surface area contributed by atoms with Crippen molar-refractivity contribution in [3.8, 4) is 5.75 Å². The summed E-state index contributed by atoms with van der Waals surface area (Å²) in [5.41, 5.74) is 8.18. The van der Waals surface area contributed by atoms with Gasteiger partial charge in [-0.1, -0.05) is 19.4 Å². The van der Waals surface area contributed by atoms with Crippen molar-refractivity contribution in [2.75, 3.05) is 20.2 Å². The molecule has 0 amide bonds. The monoisotopic (exact) mass is 262 g/mol. The fourth-order valence-corrected chi connectivity index (χ4v) is 2.95. The molecule has 0 aliphatic carbocycles. The number of nitrogens with zero attached hydrogens (tertiary/aromatic N) is 1. The minimum Gasteiger partial charge on any atom is -0.496 e. The van der Waals surface area contributed by atoms with Crippen molar-refractivity contribution in [1.82, 2.24) is 4.90 Å². The van der Waals surface area contributed by atoms with Crippen molar-refractivity contribution in [2.45, 2.75) is 39.3 Å². The van der Waals surface area contributed by atoms with Crippen LogP contribution >= 0.6 is 0 Å². The lowest BCUT2D eigenvalue weighted by Crippen LogP contribution is -2.34. The predicted octanol–water partition coefficient (Wildman–Crippen LogP) is 2.78. The molecule has 1 heterocycles. The SMILES string of the molecule is CCC1CCCN(Cc2cc(CN)ccc2OC)C1. The maximum Gasteiger partial charge on any atom is 0.123 e. The molecule has 0 bridgehead atoms. The molecule has 0 aromatic heterocycles. The molecule has 1 atom stereocenters. The predicted molar refractivity (Wildman–Crippen MR) is 79.2 cm³/mol. The average molecular weight is 262 g/mol. The Balaban J connectivity index is 2.08. The molecule has 1 fully saturated rings. The van der Waals surface area contributed by atoms with E-state index >= 15 is 0 Å². The van der Waals surface area contributed by atoms with E-state index in [1.165, 1.54) is 43.5 Å². The van der Waals surface area contributed by atoms with Crippen molar-refractivity contribution < 1.29 is 4.74 Å². The molecule has 2 rings (SSSR count). The summed E-state index contributed by atoms with van der Waals surface area (Å²) < 4.78 is 5.47. The largest absolute Gasteiger partial charge is 0.496 e. The summed E-state index contributed by atoms with van der Waals surface area (Å²) in [4.78, 5) is 2.55. The summed E-state index contributed by atoms with van der Waals surface area (Å²) in [5, 5.41) is 0. The van der Waals surface area contributed by atoms with Crippen molar-refractivity contribution >= 4 is 0 Å². The number of methoxy groups -OCH3 is 1. The maximum atomic E-state index is 5.73. The molecule has 106 valence electrons. The van der Waals surface area contributed by atoms with E-state index < -0.39 is 0 Å². The van der Waals surface area contributed by atoms with E-state index in [0.717, 1.165) is 18.2 Å². The zero-order chi connectivity index (χ0) is 13.7. The minimum atomic E-state index is 0.592. The van der Waals surface area contributed by atoms with Crippen LogP contribution in [-0.2, 0) is 13.1 Å². The highest BCUT2D eigenvalue weighted by atomic mass is 16.5. The molecule has 1 aromatic rings. The lowest BCUT2D eigenvalue weighted by atomic mass is 9.95. The van der Waals surface area contributed by atoms with Crippen LogP contribution in [0.3, 0.4) is 0 Å². The summed E-state index contributed by atoms with van der Waals surface area (Å²) in [6, 6.07) is 6.28. The van der Waals surface area contributed by atoms with Crippen LogP contribution in [0.2, 0.25) is 0 Å². The molecule has 1 aromatic carbocycles. The van der Waals surface area contributed by atoms with E-state index in [1.54, 1.807) is 7.11 Å². The van der Waals surface area contributed by atoms with Gasteiger partial charge in [0.1, 0.15) is 5.75 Å². The van der Waals surface area contributed by atoms with Gasteiger partial charge in [0, 0.05) is 25.2 Å². The van der Waals surface area contributed by atoms with Gasteiger partial charge in [0.25, 0.3) is 0 Å². The number of benzene rings is 1. The third-order valence-corrected chi connectivity index (χ3v) is 4.15. The van der Waals surface area contributed by atoms with Gasteiger partial charge in [-0.3, -0.25) is 4.90 Å². The van der Waals surface area contributed by atoms with Crippen molar-refractivity contribution in [2.24, 2.45) is 11.7 Å². The fraction of sp³-hybridized carbons (Fsp3) is 0.625. The first-order valence-electron chi connectivity index (χ1n) is 7.35. The Hall–Kier alpha value is -1.06. The number of hydrogen-bond acceptors (Lipinski definition) is 3. The first-order chi connectivity index (χ1) is 9.26. The average Bonchev–Trinajstić information content (AvgIpc) is 2.47. The second-order valence-electron chi connectivity index (χ2n) is 5.50. The Morgan fingerprint density at radius 1 is 1.42 bits per heavy atom. The lowest BCUT2D eigenvalue weighted by molar-refractivity contribution is 0.163. The molecule has 3 nitrogen and oxygen atoms in total. The fourth-order valence-electron chi connectivity index (χ4n) is 2.95. The zero-order valence-corrected chi connectivity index (χ0v) is 12.2. The zero-order valence-electron chi connectivity index (χ0n) is 12.2. The van der Waals surface area contributed by atoms with E-state index in [-0.39, 0.29) is 0 Å². The summed E-state index contributed by atoms with van der Waals surface area (Å²) in [6.45, 7) is 6.28. The van der Waals surface area contributed by atoms with Crippen LogP contribution in [0.15, 0.2) is 18.2 Å². The smallest absolute Gasteiger partial charge is 0.123 e. The van der Waals surface area contributed by atoms with Gasteiger partial charge in [-0.15, -0.1) is 0 Å². The highest BCUT2D eigenvalue weighted by Crippen LogP contribution is 2.25. The van der Waals surface area contributed by atoms with Crippen molar-refractivity contribution in [3.63, 3.8) is 0 Å². The van der Waals surface area contributed by atoms with Gasteiger partial charge in [-0.05, 0) is 43.0 Å². The molecule has 2 N–H and O–H groups in total. The van der Waals surface area contributed by atoms with E-state index in [0.29, 0.717) is 6.54 Å². The quantitative estimate of drug-likeness (QED) is 0.887. The minimum absolute atomic E-state index is 0.592. The summed E-state index contributed by atoms with van der Waals surface area (Å²) in [6.07, 6.45) is 3.99. The first kappa shape index (κ1) is 14.4. The third kappa shape index (κ3) is 3.71. The van der Waals surface area contributed by atoms with Crippen LogP contribution in [0.25, 0.3) is 0 Å². The van der Waals surface area contributed by atoms with Gasteiger partial charge in [-0.25, -0.2) is 0 Å². The molecule has 0 spiro atoms. The highest BCUT2D eigenvalue weighted by molar-refractivity contribution is 5.37. The number of ether oxygens (including phenoxy) is 1. The Bertz CT molecular complexity index is 406. The molecule has 1 aliphatic heterocycles. The maximum absolute atomic E-state index is 5.73. The number of hydrogen-bond donors (Lipinski definition) is 1. The second kappa shape index (κ2) is 6.92. The van der Waals surface area contributed by atoms with E-state index in [4.69, 9.17) is 10.5 Å². The molecule has 0 radical (unpaired) electrons. The van der Waals surface area contributed by atoms with E-state index in [1.807, 2.05) is 12.1 Å². The number of likely N-dealkylation sites (tertiary alicyclic amines) is 1. The molecule has 1 aliphatic rings. The summed E-state index contributed by atoms with van der Waals surface area (Å²) >= 11 is 0. The Morgan fingerprint density at radius 2 is 2.26 bits per heavy atom. The van der Waals surface area contributed by atoms with Crippen LogP contribution in [0, 0.1) is 5.92 Å². The van der Waals surface area contributed by atoms with Crippen LogP contribution in [-0.4, -0.2) is 25.1 Å². The number of nitrogens with two attached hydrogens (primary N) is 1. The Kier molecular flexibility index (Phi) is 5.23. The molecule has 3 heteroatoms. The molecular formula is C16H26N2O. The lowest BCUT2D eigenvalue weighted by Gasteiger charge is -2.32. The van der Waals surface area contributed by atoms with Gasteiger partial charge in [0.05, 0.1) is 7.11 Å². The van der Waals surface area contributed by atoms with E-state index in [2.05, 4.69) is 17.9 Å². The molecule has 0 saturated carbocycles. The first-order valence-corrected chi connectivity index (χ1v) is 7.35. The topological polar surface area (TPSA) is 38.5 Å². The molecule has 1 saturated heterocycles. The molecule has 1 unspecified atom stereocenters. The Morgan fingerprint density at radius 3 is 2.95 bits per heavy atom. The van der Waals surface area contributed by atoms with Gasteiger partial charge in [0.15, 0.2) is 0 Å². The Labute approximate surface area is 116 Å². The normalized spacial score (nSPS) is 20.5. The third-order valence-electron chi connectivity index (χ3n) is 4.15. The summed E-state index contributed by atoms with van der Waals surface area (Å²) in [7, 11) is 1.74. The van der Waals surface area contributed by atoms with E-state index in [9.17, 15) is 0 Å².